The van der Waals surface area contributed by atoms with Crippen molar-refractivity contribution in [2.45, 2.75) is 38.0 Å². The van der Waals surface area contributed by atoms with Gasteiger partial charge >= 0.3 is 12.2 Å². The molecule has 0 aliphatic heterocycles. The summed E-state index contributed by atoms with van der Waals surface area (Å²) in [6, 6.07) is 19.3. The Bertz CT molecular complexity index is 1080. The third-order valence-corrected chi connectivity index (χ3v) is 5.96. The maximum atomic E-state index is 13.3. The van der Waals surface area contributed by atoms with E-state index in [4.69, 9.17) is 11.6 Å². The number of urea groups is 1. The van der Waals surface area contributed by atoms with Gasteiger partial charge in [-0.2, -0.15) is 13.2 Å². The summed E-state index contributed by atoms with van der Waals surface area (Å²) in [5.41, 5.74) is 2.80. The van der Waals surface area contributed by atoms with Crippen LogP contribution in [0.25, 0.3) is 0 Å². The van der Waals surface area contributed by atoms with Gasteiger partial charge in [0.2, 0.25) is 0 Å². The predicted molar refractivity (Wildman–Crippen MR) is 120 cm³/mol. The second-order valence-electron chi connectivity index (χ2n) is 7.87. The van der Waals surface area contributed by atoms with Crippen LogP contribution in [0, 0.1) is 0 Å². The Morgan fingerprint density at radius 2 is 1.69 bits per heavy atom. The summed E-state index contributed by atoms with van der Waals surface area (Å²) >= 11 is 5.94. The summed E-state index contributed by atoms with van der Waals surface area (Å²) in [4.78, 5) is 15.0. The van der Waals surface area contributed by atoms with Gasteiger partial charge in [-0.05, 0) is 72.4 Å². The molecule has 3 aromatic carbocycles. The molecular formula is C25H22ClF3N2O. The van der Waals surface area contributed by atoms with Crippen molar-refractivity contribution >= 4 is 23.3 Å². The van der Waals surface area contributed by atoms with Gasteiger partial charge in [-0.3, -0.25) is 0 Å². The quantitative estimate of drug-likeness (QED) is 0.432. The third kappa shape index (κ3) is 5.07. The first-order valence-corrected chi connectivity index (χ1v) is 10.8. The SMILES string of the molecule is O=C(Nc1ccc(Cl)cc1)N(Cc1ccc(C(F)(F)F)cc1)C1CCCc2ccccc21. The lowest BCUT2D eigenvalue weighted by Gasteiger charge is -2.36. The van der Waals surface area contributed by atoms with Crippen molar-refractivity contribution in [3.8, 4) is 0 Å². The second-order valence-corrected chi connectivity index (χ2v) is 8.30. The molecule has 0 fully saturated rings. The molecule has 0 saturated carbocycles. The fourth-order valence-electron chi connectivity index (χ4n) is 4.10. The number of fused-ring (bicyclic) bond motifs is 1. The summed E-state index contributed by atoms with van der Waals surface area (Å²) < 4.78 is 38.9. The lowest BCUT2D eigenvalue weighted by atomic mass is 9.86. The van der Waals surface area contributed by atoms with Crippen LogP contribution in [-0.2, 0) is 19.1 Å². The number of nitrogens with one attached hydrogen (secondary N) is 1. The molecule has 1 atom stereocenters. The Balaban J connectivity index is 1.63. The number of anilines is 1. The number of aryl methyl sites for hydroxylation is 1. The first kappa shape index (κ1) is 22.2. The highest BCUT2D eigenvalue weighted by atomic mass is 35.5. The minimum atomic E-state index is -4.40. The van der Waals surface area contributed by atoms with E-state index in [-0.39, 0.29) is 18.6 Å². The summed E-state index contributed by atoms with van der Waals surface area (Å²) in [7, 11) is 0. The van der Waals surface area contributed by atoms with Crippen LogP contribution in [0.1, 0.15) is 41.1 Å². The van der Waals surface area contributed by atoms with Crippen molar-refractivity contribution in [2.75, 3.05) is 5.32 Å². The van der Waals surface area contributed by atoms with Gasteiger partial charge in [-0.25, -0.2) is 4.79 Å². The van der Waals surface area contributed by atoms with Gasteiger partial charge in [0.25, 0.3) is 0 Å². The Kier molecular flexibility index (Phi) is 6.42. The Labute approximate surface area is 189 Å². The smallest absolute Gasteiger partial charge is 0.313 e. The normalized spacial score (nSPS) is 15.7. The Morgan fingerprint density at radius 1 is 1.00 bits per heavy atom. The van der Waals surface area contributed by atoms with E-state index in [2.05, 4.69) is 11.4 Å². The van der Waals surface area contributed by atoms with E-state index in [0.29, 0.717) is 16.3 Å². The minimum absolute atomic E-state index is 0.172. The topological polar surface area (TPSA) is 32.3 Å². The minimum Gasteiger partial charge on any atom is -0.313 e. The fourth-order valence-corrected chi connectivity index (χ4v) is 4.23. The van der Waals surface area contributed by atoms with E-state index in [1.165, 1.54) is 17.7 Å². The molecule has 0 spiro atoms. The molecule has 0 saturated heterocycles. The molecule has 1 aliphatic rings. The number of hydrogen-bond donors (Lipinski definition) is 1. The van der Waals surface area contributed by atoms with E-state index in [0.717, 1.165) is 37.0 Å². The fraction of sp³-hybridized carbons (Fsp3) is 0.240. The molecule has 1 unspecified atom stereocenters. The van der Waals surface area contributed by atoms with Crippen molar-refractivity contribution in [1.82, 2.24) is 4.90 Å². The molecule has 4 rings (SSSR count). The molecule has 0 heterocycles. The van der Waals surface area contributed by atoms with Gasteiger partial charge in [0, 0.05) is 17.3 Å². The molecule has 0 bridgehead atoms. The summed E-state index contributed by atoms with van der Waals surface area (Å²) in [5, 5.41) is 3.46. The monoisotopic (exact) mass is 458 g/mol. The number of hydrogen-bond acceptors (Lipinski definition) is 1. The van der Waals surface area contributed by atoms with E-state index in [1.807, 2.05) is 18.2 Å². The van der Waals surface area contributed by atoms with Crippen molar-refractivity contribution < 1.29 is 18.0 Å². The maximum Gasteiger partial charge on any atom is 0.416 e. The number of alkyl halides is 3. The van der Waals surface area contributed by atoms with Crippen LogP contribution in [0.3, 0.4) is 0 Å². The number of nitrogens with zero attached hydrogens (tertiary/aromatic N) is 1. The number of halogens is 4. The highest BCUT2D eigenvalue weighted by Crippen LogP contribution is 2.36. The molecule has 1 aliphatic carbocycles. The van der Waals surface area contributed by atoms with E-state index in [1.54, 1.807) is 29.2 Å². The van der Waals surface area contributed by atoms with E-state index < -0.39 is 11.7 Å². The first-order chi connectivity index (χ1) is 15.3. The Hall–Kier alpha value is -2.99. The van der Waals surface area contributed by atoms with Crippen LogP contribution < -0.4 is 5.32 Å². The second kappa shape index (κ2) is 9.25. The maximum absolute atomic E-state index is 13.3. The van der Waals surface area contributed by atoms with Crippen LogP contribution in [0.2, 0.25) is 5.02 Å². The third-order valence-electron chi connectivity index (χ3n) is 5.70. The number of rotatable bonds is 4. The lowest BCUT2D eigenvalue weighted by Crippen LogP contribution is -2.39. The zero-order valence-electron chi connectivity index (χ0n) is 17.2. The lowest BCUT2D eigenvalue weighted by molar-refractivity contribution is -0.137. The van der Waals surface area contributed by atoms with Crippen LogP contribution in [-0.4, -0.2) is 10.9 Å². The van der Waals surface area contributed by atoms with Gasteiger partial charge < -0.3 is 10.2 Å². The molecule has 1 N–H and O–H groups in total. The summed E-state index contributed by atoms with van der Waals surface area (Å²) in [5.74, 6) is 0. The van der Waals surface area contributed by atoms with Crippen molar-refractivity contribution in [2.24, 2.45) is 0 Å². The van der Waals surface area contributed by atoms with Gasteiger partial charge in [-0.1, -0.05) is 48.0 Å². The van der Waals surface area contributed by atoms with Crippen LogP contribution in [0.4, 0.5) is 23.7 Å². The van der Waals surface area contributed by atoms with E-state index in [9.17, 15) is 18.0 Å². The number of benzene rings is 3. The average molecular weight is 459 g/mol. The van der Waals surface area contributed by atoms with Crippen molar-refractivity contribution in [1.29, 1.82) is 0 Å². The highest BCUT2D eigenvalue weighted by Gasteiger charge is 2.31. The highest BCUT2D eigenvalue weighted by molar-refractivity contribution is 6.30. The predicted octanol–water partition coefficient (Wildman–Crippen LogP) is 7.47. The van der Waals surface area contributed by atoms with Crippen LogP contribution in [0.15, 0.2) is 72.8 Å². The molecular weight excluding hydrogens is 437 g/mol. The van der Waals surface area contributed by atoms with Gasteiger partial charge in [-0.15, -0.1) is 0 Å². The zero-order valence-corrected chi connectivity index (χ0v) is 18.0. The Morgan fingerprint density at radius 3 is 2.38 bits per heavy atom. The standard InChI is InChI=1S/C25H22ClF3N2O/c26-20-12-14-21(15-13-20)30-24(32)31(16-17-8-10-19(11-9-17)25(27,28)29)23-7-3-5-18-4-1-2-6-22(18)23/h1-2,4,6,8-15,23H,3,5,7,16H2,(H,30,32). The molecule has 7 heteroatoms. The first-order valence-electron chi connectivity index (χ1n) is 10.4. The summed E-state index contributed by atoms with van der Waals surface area (Å²) in [6.07, 6.45) is -1.74. The van der Waals surface area contributed by atoms with Crippen LogP contribution in [0.5, 0.6) is 0 Å². The van der Waals surface area contributed by atoms with Gasteiger partial charge in [0.15, 0.2) is 0 Å². The molecule has 3 aromatic rings. The van der Waals surface area contributed by atoms with Crippen molar-refractivity contribution in [3.05, 3.63) is 100 Å². The van der Waals surface area contributed by atoms with Gasteiger partial charge in [0.05, 0.1) is 11.6 Å². The van der Waals surface area contributed by atoms with Gasteiger partial charge in [0.1, 0.15) is 0 Å². The van der Waals surface area contributed by atoms with Crippen LogP contribution >= 0.6 is 11.6 Å². The number of amides is 2. The average Bonchev–Trinajstić information content (AvgIpc) is 2.78. The number of carbonyl (C=O) groups is 1. The molecule has 166 valence electrons. The largest absolute Gasteiger partial charge is 0.416 e. The molecule has 0 radical (unpaired) electrons. The zero-order chi connectivity index (χ0) is 22.7. The number of carbonyl (C=O) groups excluding carboxylic acids is 1. The molecule has 0 aromatic heterocycles. The summed E-state index contributed by atoms with van der Waals surface area (Å²) in [6.45, 7) is 0.191. The molecule has 32 heavy (non-hydrogen) atoms. The van der Waals surface area contributed by atoms with Crippen molar-refractivity contribution in [3.63, 3.8) is 0 Å². The molecule has 3 nitrogen and oxygen atoms in total. The molecule has 2 amide bonds. The van der Waals surface area contributed by atoms with E-state index >= 15 is 0 Å².